The minimum Gasteiger partial charge on any atom is -0.378 e. The number of hydrogen-bond acceptors (Lipinski definition) is 4. The van der Waals surface area contributed by atoms with Gasteiger partial charge in [0.15, 0.2) is 0 Å². The van der Waals surface area contributed by atoms with Crippen LogP contribution in [0.4, 0.5) is 11.4 Å². The van der Waals surface area contributed by atoms with Crippen molar-refractivity contribution in [3.05, 3.63) is 46.7 Å². The summed E-state index contributed by atoms with van der Waals surface area (Å²) in [6.07, 6.45) is 0. The van der Waals surface area contributed by atoms with E-state index >= 15 is 0 Å². The summed E-state index contributed by atoms with van der Waals surface area (Å²) < 4.78 is 0. The molecule has 0 aliphatic rings. The second-order valence-corrected chi connectivity index (χ2v) is 5.69. The summed E-state index contributed by atoms with van der Waals surface area (Å²) in [5.74, 6) is -1.30. The SMILES string of the molecule is CN(C)c1ccc(NC(=O)C(=O)NCc2cccs2)cc1. The topological polar surface area (TPSA) is 61.4 Å². The molecule has 0 bridgehead atoms. The number of nitrogens with zero attached hydrogens (tertiary/aromatic N) is 1. The average Bonchev–Trinajstić information content (AvgIpc) is 2.98. The number of carbonyl (C=O) groups is 2. The fourth-order valence-corrected chi connectivity index (χ4v) is 2.34. The second kappa shape index (κ2) is 6.90. The highest BCUT2D eigenvalue weighted by atomic mass is 32.1. The standard InChI is InChI=1S/C15H17N3O2S/c1-18(2)12-7-5-11(6-8-12)17-15(20)14(19)16-10-13-4-3-9-21-13/h3-9H,10H2,1-2H3,(H,16,19)(H,17,20). The highest BCUT2D eigenvalue weighted by Gasteiger charge is 2.13. The fraction of sp³-hybridized carbons (Fsp3) is 0.200. The van der Waals surface area contributed by atoms with Crippen LogP contribution in [0.1, 0.15) is 4.88 Å². The van der Waals surface area contributed by atoms with Gasteiger partial charge in [0.1, 0.15) is 0 Å². The summed E-state index contributed by atoms with van der Waals surface area (Å²) in [4.78, 5) is 26.4. The van der Waals surface area contributed by atoms with Crippen molar-refractivity contribution in [2.75, 3.05) is 24.3 Å². The molecular formula is C15H17N3O2S. The zero-order valence-electron chi connectivity index (χ0n) is 11.9. The molecule has 0 unspecified atom stereocenters. The zero-order valence-corrected chi connectivity index (χ0v) is 12.7. The van der Waals surface area contributed by atoms with Crippen molar-refractivity contribution in [3.63, 3.8) is 0 Å². The van der Waals surface area contributed by atoms with Gasteiger partial charge in [-0.2, -0.15) is 0 Å². The van der Waals surface area contributed by atoms with Crippen LogP contribution in [-0.4, -0.2) is 25.9 Å². The summed E-state index contributed by atoms with van der Waals surface area (Å²) >= 11 is 1.53. The van der Waals surface area contributed by atoms with E-state index < -0.39 is 11.8 Å². The Morgan fingerprint density at radius 3 is 2.38 bits per heavy atom. The van der Waals surface area contributed by atoms with Crippen molar-refractivity contribution in [3.8, 4) is 0 Å². The molecule has 5 nitrogen and oxygen atoms in total. The van der Waals surface area contributed by atoms with Gasteiger partial charge in [0.2, 0.25) is 0 Å². The van der Waals surface area contributed by atoms with Crippen LogP contribution in [0, 0.1) is 0 Å². The van der Waals surface area contributed by atoms with E-state index in [2.05, 4.69) is 10.6 Å². The van der Waals surface area contributed by atoms with Crippen LogP contribution < -0.4 is 15.5 Å². The van der Waals surface area contributed by atoms with Gasteiger partial charge >= 0.3 is 11.8 Å². The quantitative estimate of drug-likeness (QED) is 0.850. The largest absolute Gasteiger partial charge is 0.378 e. The Hall–Kier alpha value is -2.34. The molecule has 1 aromatic carbocycles. The van der Waals surface area contributed by atoms with E-state index in [0.717, 1.165) is 10.6 Å². The normalized spacial score (nSPS) is 10.0. The number of nitrogens with one attached hydrogen (secondary N) is 2. The molecule has 0 atom stereocenters. The third kappa shape index (κ3) is 4.32. The zero-order chi connectivity index (χ0) is 15.2. The fourth-order valence-electron chi connectivity index (χ4n) is 1.69. The Labute approximate surface area is 127 Å². The van der Waals surface area contributed by atoms with Gasteiger partial charge in [0, 0.05) is 30.3 Å². The molecule has 110 valence electrons. The van der Waals surface area contributed by atoms with E-state index in [1.807, 2.05) is 48.6 Å². The third-order valence-corrected chi connectivity index (χ3v) is 3.73. The van der Waals surface area contributed by atoms with Gasteiger partial charge in [-0.3, -0.25) is 9.59 Å². The number of thiophene rings is 1. The van der Waals surface area contributed by atoms with Crippen molar-refractivity contribution in [1.82, 2.24) is 5.32 Å². The average molecular weight is 303 g/mol. The minimum atomic E-state index is -0.663. The Balaban J connectivity index is 1.86. The maximum Gasteiger partial charge on any atom is 0.313 e. The van der Waals surface area contributed by atoms with E-state index in [1.165, 1.54) is 11.3 Å². The van der Waals surface area contributed by atoms with E-state index in [-0.39, 0.29) is 0 Å². The third-order valence-electron chi connectivity index (χ3n) is 2.85. The van der Waals surface area contributed by atoms with Crippen molar-refractivity contribution in [1.29, 1.82) is 0 Å². The first-order chi connectivity index (χ1) is 10.1. The lowest BCUT2D eigenvalue weighted by Gasteiger charge is -2.13. The van der Waals surface area contributed by atoms with Gasteiger partial charge in [-0.25, -0.2) is 0 Å². The summed E-state index contributed by atoms with van der Waals surface area (Å²) in [5.41, 5.74) is 1.62. The van der Waals surface area contributed by atoms with Crippen molar-refractivity contribution < 1.29 is 9.59 Å². The lowest BCUT2D eigenvalue weighted by Crippen LogP contribution is -2.34. The highest BCUT2D eigenvalue weighted by molar-refractivity contribution is 7.09. The van der Waals surface area contributed by atoms with Gasteiger partial charge < -0.3 is 15.5 Å². The molecule has 0 saturated heterocycles. The first-order valence-electron chi connectivity index (χ1n) is 6.45. The minimum absolute atomic E-state index is 0.365. The van der Waals surface area contributed by atoms with Crippen LogP contribution in [-0.2, 0) is 16.1 Å². The van der Waals surface area contributed by atoms with Gasteiger partial charge in [-0.15, -0.1) is 11.3 Å². The summed E-state index contributed by atoms with van der Waals surface area (Å²) in [7, 11) is 3.87. The van der Waals surface area contributed by atoms with Gasteiger partial charge in [-0.05, 0) is 35.7 Å². The van der Waals surface area contributed by atoms with Crippen LogP contribution in [0.25, 0.3) is 0 Å². The maximum atomic E-state index is 11.8. The molecule has 2 aromatic rings. The molecule has 0 fully saturated rings. The van der Waals surface area contributed by atoms with Gasteiger partial charge in [0.05, 0.1) is 6.54 Å². The molecule has 0 saturated carbocycles. The van der Waals surface area contributed by atoms with Crippen molar-refractivity contribution in [2.45, 2.75) is 6.54 Å². The summed E-state index contributed by atoms with van der Waals surface area (Å²) in [6, 6.07) is 11.1. The van der Waals surface area contributed by atoms with Crippen LogP contribution in [0.3, 0.4) is 0 Å². The molecule has 1 heterocycles. The number of rotatable bonds is 4. The monoisotopic (exact) mass is 303 g/mol. The molecule has 0 spiro atoms. The number of hydrogen-bond donors (Lipinski definition) is 2. The van der Waals surface area contributed by atoms with Crippen molar-refractivity contribution >= 4 is 34.5 Å². The summed E-state index contributed by atoms with van der Waals surface area (Å²) in [6.45, 7) is 0.365. The second-order valence-electron chi connectivity index (χ2n) is 4.66. The molecular weight excluding hydrogens is 286 g/mol. The molecule has 21 heavy (non-hydrogen) atoms. The van der Waals surface area contributed by atoms with Crippen molar-refractivity contribution in [2.24, 2.45) is 0 Å². The first-order valence-corrected chi connectivity index (χ1v) is 7.33. The molecule has 2 amide bonds. The van der Waals surface area contributed by atoms with Crippen LogP contribution in [0.15, 0.2) is 41.8 Å². The van der Waals surface area contributed by atoms with Crippen LogP contribution in [0.5, 0.6) is 0 Å². The van der Waals surface area contributed by atoms with E-state index in [0.29, 0.717) is 12.2 Å². The molecule has 1 aromatic heterocycles. The summed E-state index contributed by atoms with van der Waals surface area (Å²) in [5, 5.41) is 7.08. The van der Waals surface area contributed by atoms with E-state index in [9.17, 15) is 9.59 Å². The molecule has 0 radical (unpaired) electrons. The predicted octanol–water partition coefficient (Wildman–Crippen LogP) is 2.07. The molecule has 2 N–H and O–H groups in total. The lowest BCUT2D eigenvalue weighted by molar-refractivity contribution is -0.136. The lowest BCUT2D eigenvalue weighted by atomic mass is 10.2. The Kier molecular flexibility index (Phi) is 4.94. The smallest absolute Gasteiger partial charge is 0.313 e. The Morgan fingerprint density at radius 2 is 1.81 bits per heavy atom. The van der Waals surface area contributed by atoms with E-state index in [1.54, 1.807) is 12.1 Å². The van der Waals surface area contributed by atoms with Gasteiger partial charge in [0.25, 0.3) is 0 Å². The molecule has 6 heteroatoms. The number of carbonyl (C=O) groups excluding carboxylic acids is 2. The van der Waals surface area contributed by atoms with Crippen LogP contribution in [0.2, 0.25) is 0 Å². The number of amides is 2. The Bertz CT molecular complexity index is 606. The first kappa shape index (κ1) is 15.1. The number of anilines is 2. The predicted molar refractivity (Wildman–Crippen MR) is 85.6 cm³/mol. The van der Waals surface area contributed by atoms with Gasteiger partial charge in [-0.1, -0.05) is 6.07 Å². The van der Waals surface area contributed by atoms with Crippen LogP contribution >= 0.6 is 11.3 Å². The maximum absolute atomic E-state index is 11.8. The Morgan fingerprint density at radius 1 is 1.10 bits per heavy atom. The van der Waals surface area contributed by atoms with E-state index in [4.69, 9.17) is 0 Å². The number of benzene rings is 1. The molecule has 0 aliphatic heterocycles. The highest BCUT2D eigenvalue weighted by Crippen LogP contribution is 2.15. The molecule has 2 rings (SSSR count). The molecule has 0 aliphatic carbocycles.